The first-order valence-electron chi connectivity index (χ1n) is 10.1. The molecule has 0 aliphatic heterocycles. The highest BCUT2D eigenvalue weighted by atomic mass is 35.5. The summed E-state index contributed by atoms with van der Waals surface area (Å²) in [5.74, 6) is -2.69. The van der Waals surface area contributed by atoms with E-state index in [9.17, 15) is 14.0 Å². The predicted molar refractivity (Wildman–Crippen MR) is 125 cm³/mol. The lowest BCUT2D eigenvalue weighted by atomic mass is 10.0. The van der Waals surface area contributed by atoms with Crippen molar-refractivity contribution in [1.29, 1.82) is 0 Å². The van der Waals surface area contributed by atoms with Crippen LogP contribution in [-0.4, -0.2) is 23.0 Å². The van der Waals surface area contributed by atoms with Crippen LogP contribution in [0.5, 0.6) is 0 Å². The number of carboxylic acids is 1. The first kappa shape index (κ1) is 23.3. The van der Waals surface area contributed by atoms with E-state index >= 15 is 0 Å². The Morgan fingerprint density at radius 1 is 1.00 bits per heavy atom. The third-order valence-corrected chi connectivity index (χ3v) is 5.62. The van der Waals surface area contributed by atoms with Crippen LogP contribution >= 0.6 is 11.6 Å². The number of halogens is 2. The van der Waals surface area contributed by atoms with Gasteiger partial charge >= 0.3 is 5.97 Å². The zero-order chi connectivity index (χ0) is 23.4. The van der Waals surface area contributed by atoms with Gasteiger partial charge in [0, 0.05) is 16.8 Å². The lowest BCUT2D eigenvalue weighted by Gasteiger charge is -2.17. The molecule has 3 aromatic carbocycles. The molecule has 0 saturated carbocycles. The Labute approximate surface area is 191 Å². The fraction of sp³-hybridized carbons (Fsp3) is 0.200. The van der Waals surface area contributed by atoms with Crippen LogP contribution in [0.3, 0.4) is 0 Å². The van der Waals surface area contributed by atoms with Crippen molar-refractivity contribution in [2.75, 3.05) is 5.32 Å². The number of carbonyl (C=O) groups is 2. The molecule has 3 aromatic rings. The third-order valence-electron chi connectivity index (χ3n) is 5.19. The molecule has 5 nitrogen and oxygen atoms in total. The standard InChI is InChI=1S/C25H24ClFN2O3/c1-14-11-17(8-10-22(14)26)15(2)28-20-6-4-5-18(12-20)19-7-9-21(23(27)13-19)24(30)29-16(3)25(31)32/h4-13,15-16,28H,1-3H3,(H,29,30)(H,31,32). The van der Waals surface area contributed by atoms with E-state index in [4.69, 9.17) is 16.7 Å². The van der Waals surface area contributed by atoms with Gasteiger partial charge < -0.3 is 15.7 Å². The Morgan fingerprint density at radius 3 is 2.38 bits per heavy atom. The SMILES string of the molecule is Cc1cc(C(C)Nc2cccc(-c3ccc(C(=O)NC(C)C(=O)O)c(F)c3)c2)ccc1Cl. The van der Waals surface area contributed by atoms with Crippen LogP contribution in [0.2, 0.25) is 5.02 Å². The Hall–Kier alpha value is -3.38. The smallest absolute Gasteiger partial charge is 0.325 e. The Balaban J connectivity index is 1.78. The molecule has 0 radical (unpaired) electrons. The van der Waals surface area contributed by atoms with Crippen LogP contribution < -0.4 is 10.6 Å². The zero-order valence-corrected chi connectivity index (χ0v) is 18.7. The van der Waals surface area contributed by atoms with Crippen molar-refractivity contribution >= 4 is 29.2 Å². The number of anilines is 1. The summed E-state index contributed by atoms with van der Waals surface area (Å²) in [7, 11) is 0. The van der Waals surface area contributed by atoms with Gasteiger partial charge in [0.15, 0.2) is 0 Å². The Bertz CT molecular complexity index is 1170. The van der Waals surface area contributed by atoms with Crippen molar-refractivity contribution in [3.8, 4) is 11.1 Å². The van der Waals surface area contributed by atoms with Crippen LogP contribution in [0, 0.1) is 12.7 Å². The molecular weight excluding hydrogens is 431 g/mol. The molecule has 0 aromatic heterocycles. The van der Waals surface area contributed by atoms with E-state index in [1.54, 1.807) is 6.07 Å². The van der Waals surface area contributed by atoms with Gasteiger partial charge in [0.25, 0.3) is 5.91 Å². The van der Waals surface area contributed by atoms with E-state index in [-0.39, 0.29) is 11.6 Å². The fourth-order valence-corrected chi connectivity index (χ4v) is 3.39. The summed E-state index contributed by atoms with van der Waals surface area (Å²) in [4.78, 5) is 23.1. The minimum absolute atomic E-state index is 0.0280. The van der Waals surface area contributed by atoms with Gasteiger partial charge in [-0.15, -0.1) is 0 Å². The van der Waals surface area contributed by atoms with Crippen LogP contribution in [0.4, 0.5) is 10.1 Å². The number of aliphatic carboxylic acids is 1. The summed E-state index contributed by atoms with van der Waals surface area (Å²) in [5.41, 5.74) is 4.13. The number of hydrogen-bond donors (Lipinski definition) is 3. The predicted octanol–water partition coefficient (Wildman–Crippen LogP) is 5.83. The van der Waals surface area contributed by atoms with Gasteiger partial charge in [0.2, 0.25) is 0 Å². The van der Waals surface area contributed by atoms with Crippen molar-refractivity contribution in [1.82, 2.24) is 5.32 Å². The number of nitrogens with one attached hydrogen (secondary N) is 2. The number of carbonyl (C=O) groups excluding carboxylic acids is 1. The van der Waals surface area contributed by atoms with Crippen molar-refractivity contribution in [2.45, 2.75) is 32.9 Å². The minimum Gasteiger partial charge on any atom is -0.480 e. The zero-order valence-electron chi connectivity index (χ0n) is 17.9. The second-order valence-corrected chi connectivity index (χ2v) is 8.09. The molecule has 0 aliphatic carbocycles. The minimum atomic E-state index is -1.19. The van der Waals surface area contributed by atoms with Crippen molar-refractivity contribution in [3.63, 3.8) is 0 Å². The lowest BCUT2D eigenvalue weighted by molar-refractivity contribution is -0.138. The number of rotatable bonds is 7. The number of hydrogen-bond acceptors (Lipinski definition) is 3. The molecule has 1 amide bonds. The van der Waals surface area contributed by atoms with E-state index in [2.05, 4.69) is 10.6 Å². The fourth-order valence-electron chi connectivity index (χ4n) is 3.27. The van der Waals surface area contributed by atoms with Gasteiger partial charge in [-0.3, -0.25) is 9.59 Å². The maximum Gasteiger partial charge on any atom is 0.325 e. The van der Waals surface area contributed by atoms with Crippen molar-refractivity contribution in [2.24, 2.45) is 0 Å². The highest BCUT2D eigenvalue weighted by Crippen LogP contribution is 2.28. The summed E-state index contributed by atoms with van der Waals surface area (Å²) in [5, 5.41) is 15.3. The number of amides is 1. The molecule has 3 rings (SSSR count). The molecule has 2 atom stereocenters. The summed E-state index contributed by atoms with van der Waals surface area (Å²) >= 11 is 6.11. The van der Waals surface area contributed by atoms with Gasteiger partial charge in [-0.2, -0.15) is 0 Å². The van der Waals surface area contributed by atoms with Gasteiger partial charge in [-0.05, 0) is 73.4 Å². The first-order chi connectivity index (χ1) is 15.2. The molecule has 2 unspecified atom stereocenters. The molecule has 0 aliphatic rings. The van der Waals surface area contributed by atoms with Crippen LogP contribution in [0.1, 0.15) is 41.4 Å². The molecule has 166 valence electrons. The normalized spacial score (nSPS) is 12.7. The molecule has 3 N–H and O–H groups in total. The van der Waals surface area contributed by atoms with E-state index < -0.39 is 23.7 Å². The van der Waals surface area contributed by atoms with E-state index in [1.807, 2.05) is 56.3 Å². The van der Waals surface area contributed by atoms with Crippen LogP contribution in [-0.2, 0) is 4.79 Å². The largest absolute Gasteiger partial charge is 0.480 e. The van der Waals surface area contributed by atoms with Crippen molar-refractivity contribution < 1.29 is 19.1 Å². The highest BCUT2D eigenvalue weighted by molar-refractivity contribution is 6.31. The van der Waals surface area contributed by atoms with E-state index in [0.717, 1.165) is 27.4 Å². The molecule has 7 heteroatoms. The molecule has 0 spiro atoms. The van der Waals surface area contributed by atoms with E-state index in [0.29, 0.717) is 5.56 Å². The lowest BCUT2D eigenvalue weighted by Crippen LogP contribution is -2.38. The number of benzene rings is 3. The third kappa shape index (κ3) is 5.45. The van der Waals surface area contributed by atoms with Gasteiger partial charge in [0.05, 0.1) is 5.56 Å². The highest BCUT2D eigenvalue weighted by Gasteiger charge is 2.18. The maximum atomic E-state index is 14.6. The van der Waals surface area contributed by atoms with Gasteiger partial charge in [-0.25, -0.2) is 4.39 Å². The van der Waals surface area contributed by atoms with Crippen molar-refractivity contribution in [3.05, 3.63) is 88.2 Å². The molecule has 32 heavy (non-hydrogen) atoms. The topological polar surface area (TPSA) is 78.4 Å². The monoisotopic (exact) mass is 454 g/mol. The number of carboxylic acid groups (broad SMARTS) is 1. The molecule has 0 bridgehead atoms. The Kier molecular flexibility index (Phi) is 7.15. The Morgan fingerprint density at radius 2 is 1.72 bits per heavy atom. The average Bonchev–Trinajstić information content (AvgIpc) is 2.75. The number of aryl methyl sites for hydroxylation is 1. The van der Waals surface area contributed by atoms with Crippen LogP contribution in [0.25, 0.3) is 11.1 Å². The molecule has 0 fully saturated rings. The summed E-state index contributed by atoms with van der Waals surface area (Å²) in [6.45, 7) is 5.32. The summed E-state index contributed by atoms with van der Waals surface area (Å²) in [6, 6.07) is 16.6. The average molecular weight is 455 g/mol. The first-order valence-corrected chi connectivity index (χ1v) is 10.5. The second-order valence-electron chi connectivity index (χ2n) is 7.68. The van der Waals surface area contributed by atoms with Crippen LogP contribution in [0.15, 0.2) is 60.7 Å². The summed E-state index contributed by atoms with van der Waals surface area (Å²) in [6.07, 6.45) is 0. The quantitative estimate of drug-likeness (QED) is 0.419. The summed E-state index contributed by atoms with van der Waals surface area (Å²) < 4.78 is 14.6. The van der Waals surface area contributed by atoms with E-state index in [1.165, 1.54) is 19.1 Å². The maximum absolute atomic E-state index is 14.6. The molecule has 0 saturated heterocycles. The molecule has 0 heterocycles. The molecular formula is C25H24ClFN2O3. The van der Waals surface area contributed by atoms with Gasteiger partial charge in [0.1, 0.15) is 11.9 Å². The van der Waals surface area contributed by atoms with Gasteiger partial charge in [-0.1, -0.05) is 41.9 Å². The second kappa shape index (κ2) is 9.83.